The summed E-state index contributed by atoms with van der Waals surface area (Å²) >= 11 is 6.01. The number of sulfonamides is 1. The summed E-state index contributed by atoms with van der Waals surface area (Å²) in [5.41, 5.74) is 0. The fourth-order valence-corrected chi connectivity index (χ4v) is 5.37. The lowest BCUT2D eigenvalue weighted by molar-refractivity contribution is 0.225. The highest BCUT2D eigenvalue weighted by Gasteiger charge is 2.28. The summed E-state index contributed by atoms with van der Waals surface area (Å²) < 4.78 is 33.1. The van der Waals surface area contributed by atoms with Crippen molar-refractivity contribution in [2.24, 2.45) is 0 Å². The zero-order valence-electron chi connectivity index (χ0n) is 15.6. The molecule has 3 heterocycles. The number of aromatic nitrogens is 1. The number of piperidine rings is 1. The molecule has 6 nitrogen and oxygen atoms in total. The fraction of sp³-hybridized carbons (Fsp3) is 0.450. The van der Waals surface area contributed by atoms with Crippen molar-refractivity contribution in [3.05, 3.63) is 47.6 Å². The van der Waals surface area contributed by atoms with Crippen molar-refractivity contribution in [3.63, 3.8) is 0 Å². The van der Waals surface area contributed by atoms with E-state index in [-0.39, 0.29) is 11.0 Å². The highest BCUT2D eigenvalue weighted by molar-refractivity contribution is 7.89. The summed E-state index contributed by atoms with van der Waals surface area (Å²) in [6, 6.07) is 10.8. The molecule has 2 aliphatic rings. The monoisotopic (exact) mass is 421 g/mol. The number of anilines is 1. The second-order valence-corrected chi connectivity index (χ2v) is 9.62. The van der Waals surface area contributed by atoms with Gasteiger partial charge >= 0.3 is 0 Å². The van der Waals surface area contributed by atoms with Gasteiger partial charge in [-0.25, -0.2) is 13.4 Å². The lowest BCUT2D eigenvalue weighted by atomic mass is 10.2. The Hall–Kier alpha value is -1.83. The van der Waals surface area contributed by atoms with Gasteiger partial charge in [0.05, 0.1) is 6.54 Å². The fourth-order valence-electron chi connectivity index (χ4n) is 3.73. The summed E-state index contributed by atoms with van der Waals surface area (Å²) in [4.78, 5) is 6.81. The summed E-state index contributed by atoms with van der Waals surface area (Å²) in [6.07, 6.45) is 5.35. The van der Waals surface area contributed by atoms with Gasteiger partial charge < -0.3 is 9.64 Å². The molecule has 1 aromatic heterocycles. The van der Waals surface area contributed by atoms with E-state index in [9.17, 15) is 8.42 Å². The Balaban J connectivity index is 1.40. The maximum absolute atomic E-state index is 12.7. The van der Waals surface area contributed by atoms with E-state index in [4.69, 9.17) is 16.3 Å². The molecule has 2 saturated heterocycles. The second-order valence-electron chi connectivity index (χ2n) is 7.25. The molecule has 0 radical (unpaired) electrons. The van der Waals surface area contributed by atoms with Gasteiger partial charge in [-0.2, -0.15) is 4.31 Å². The number of benzene rings is 1. The van der Waals surface area contributed by atoms with Crippen LogP contribution in [0.5, 0.6) is 5.75 Å². The van der Waals surface area contributed by atoms with Gasteiger partial charge in [0, 0.05) is 37.3 Å². The number of halogens is 1. The van der Waals surface area contributed by atoms with Crippen molar-refractivity contribution in [2.45, 2.75) is 36.7 Å². The Bertz CT molecular complexity index is 915. The highest BCUT2D eigenvalue weighted by atomic mass is 35.5. The van der Waals surface area contributed by atoms with E-state index in [1.165, 1.54) is 6.20 Å². The first kappa shape index (κ1) is 19.5. The topological polar surface area (TPSA) is 62.7 Å². The SMILES string of the molecule is O=S(=O)(c1ccc(N2CCC(Oc3cccc(Cl)c3)C2)nc1)N1CCCCC1. The van der Waals surface area contributed by atoms with Gasteiger partial charge in [-0.3, -0.25) is 0 Å². The van der Waals surface area contributed by atoms with Crippen LogP contribution in [0, 0.1) is 0 Å². The second kappa shape index (κ2) is 8.27. The molecule has 2 fully saturated rings. The Morgan fingerprint density at radius 3 is 2.61 bits per heavy atom. The van der Waals surface area contributed by atoms with E-state index in [0.717, 1.165) is 43.8 Å². The van der Waals surface area contributed by atoms with Gasteiger partial charge in [0.15, 0.2) is 0 Å². The molecule has 0 aliphatic carbocycles. The Morgan fingerprint density at radius 1 is 1.07 bits per heavy atom. The summed E-state index contributed by atoms with van der Waals surface area (Å²) in [5.74, 6) is 1.53. The first-order valence-electron chi connectivity index (χ1n) is 9.66. The third-order valence-electron chi connectivity index (χ3n) is 5.24. The normalized spacial score (nSPS) is 21.0. The van der Waals surface area contributed by atoms with Crippen LogP contribution >= 0.6 is 11.6 Å². The van der Waals surface area contributed by atoms with Crippen LogP contribution in [0.2, 0.25) is 5.02 Å². The van der Waals surface area contributed by atoms with Crippen molar-refractivity contribution >= 4 is 27.4 Å². The van der Waals surface area contributed by atoms with Crippen LogP contribution in [-0.4, -0.2) is 50.0 Å². The molecule has 2 aromatic rings. The predicted octanol–water partition coefficient (Wildman–Crippen LogP) is 3.57. The molecule has 4 rings (SSSR count). The lowest BCUT2D eigenvalue weighted by Gasteiger charge is -2.26. The molecular weight excluding hydrogens is 398 g/mol. The van der Waals surface area contributed by atoms with Crippen molar-refractivity contribution in [1.29, 1.82) is 0 Å². The first-order chi connectivity index (χ1) is 13.5. The molecule has 150 valence electrons. The van der Waals surface area contributed by atoms with E-state index in [1.54, 1.807) is 16.4 Å². The third kappa shape index (κ3) is 4.26. The Labute approximate surface area is 171 Å². The van der Waals surface area contributed by atoms with E-state index < -0.39 is 10.0 Å². The smallest absolute Gasteiger partial charge is 0.244 e. The van der Waals surface area contributed by atoms with Gasteiger partial charge in [-0.05, 0) is 43.2 Å². The third-order valence-corrected chi connectivity index (χ3v) is 7.36. The average Bonchev–Trinajstić information content (AvgIpc) is 3.17. The molecule has 0 amide bonds. The van der Waals surface area contributed by atoms with Crippen molar-refractivity contribution < 1.29 is 13.2 Å². The van der Waals surface area contributed by atoms with Crippen molar-refractivity contribution in [3.8, 4) is 5.75 Å². The number of ether oxygens (including phenoxy) is 1. The van der Waals surface area contributed by atoms with E-state index >= 15 is 0 Å². The summed E-state index contributed by atoms with van der Waals surface area (Å²) in [7, 11) is -3.44. The number of hydrogen-bond donors (Lipinski definition) is 0. The average molecular weight is 422 g/mol. The minimum atomic E-state index is -3.44. The molecule has 1 atom stereocenters. The molecule has 8 heteroatoms. The minimum absolute atomic E-state index is 0.0528. The summed E-state index contributed by atoms with van der Waals surface area (Å²) in [5, 5.41) is 0.652. The molecule has 1 aromatic carbocycles. The maximum atomic E-state index is 12.7. The van der Waals surface area contributed by atoms with Crippen LogP contribution in [0.25, 0.3) is 0 Å². The first-order valence-corrected chi connectivity index (χ1v) is 11.5. The zero-order valence-corrected chi connectivity index (χ0v) is 17.2. The molecule has 1 unspecified atom stereocenters. The number of hydrogen-bond acceptors (Lipinski definition) is 5. The molecule has 0 bridgehead atoms. The molecule has 28 heavy (non-hydrogen) atoms. The minimum Gasteiger partial charge on any atom is -0.488 e. The van der Waals surface area contributed by atoms with E-state index in [0.29, 0.717) is 24.7 Å². The molecular formula is C20H24ClN3O3S. The number of nitrogens with zero attached hydrogens (tertiary/aromatic N) is 3. The quantitative estimate of drug-likeness (QED) is 0.738. The van der Waals surface area contributed by atoms with Crippen LogP contribution in [0.4, 0.5) is 5.82 Å². The van der Waals surface area contributed by atoms with Gasteiger partial charge in [-0.1, -0.05) is 24.1 Å². The zero-order chi connectivity index (χ0) is 19.6. The van der Waals surface area contributed by atoms with E-state index in [1.807, 2.05) is 24.3 Å². The molecule has 2 aliphatic heterocycles. The number of pyridine rings is 1. The maximum Gasteiger partial charge on any atom is 0.244 e. The van der Waals surface area contributed by atoms with Crippen LogP contribution in [0.15, 0.2) is 47.5 Å². The van der Waals surface area contributed by atoms with Crippen LogP contribution < -0.4 is 9.64 Å². The lowest BCUT2D eigenvalue weighted by Crippen LogP contribution is -2.35. The summed E-state index contributed by atoms with van der Waals surface area (Å²) in [6.45, 7) is 2.71. The van der Waals surface area contributed by atoms with Crippen LogP contribution in [-0.2, 0) is 10.0 Å². The number of rotatable bonds is 5. The van der Waals surface area contributed by atoms with Crippen LogP contribution in [0.3, 0.4) is 0 Å². The van der Waals surface area contributed by atoms with Gasteiger partial charge in [0.1, 0.15) is 22.6 Å². The molecule has 0 spiro atoms. The van der Waals surface area contributed by atoms with Crippen molar-refractivity contribution in [2.75, 3.05) is 31.1 Å². The Kier molecular flexibility index (Phi) is 5.75. The predicted molar refractivity (Wildman–Crippen MR) is 110 cm³/mol. The van der Waals surface area contributed by atoms with Gasteiger partial charge in [0.25, 0.3) is 0 Å². The van der Waals surface area contributed by atoms with Gasteiger partial charge in [-0.15, -0.1) is 0 Å². The van der Waals surface area contributed by atoms with E-state index in [2.05, 4.69) is 9.88 Å². The van der Waals surface area contributed by atoms with Gasteiger partial charge in [0.2, 0.25) is 10.0 Å². The molecule has 0 N–H and O–H groups in total. The van der Waals surface area contributed by atoms with Crippen molar-refractivity contribution in [1.82, 2.24) is 9.29 Å². The molecule has 0 saturated carbocycles. The largest absolute Gasteiger partial charge is 0.488 e. The Morgan fingerprint density at radius 2 is 1.89 bits per heavy atom. The van der Waals surface area contributed by atoms with Crippen LogP contribution in [0.1, 0.15) is 25.7 Å². The highest BCUT2D eigenvalue weighted by Crippen LogP contribution is 2.26. The standard InChI is InChI=1S/C20H24ClN3O3S/c21-16-5-4-6-17(13-16)27-18-9-12-23(15-18)20-8-7-19(14-22-20)28(25,26)24-10-2-1-3-11-24/h4-8,13-14,18H,1-3,9-12,15H2.